The van der Waals surface area contributed by atoms with Gasteiger partial charge in [0.2, 0.25) is 0 Å². The molecule has 0 radical (unpaired) electrons. The van der Waals surface area contributed by atoms with E-state index in [2.05, 4.69) is 0 Å². The minimum atomic E-state index is -2.67. The van der Waals surface area contributed by atoms with E-state index < -0.39 is 63.1 Å². The molecule has 7 nitrogen and oxygen atoms in total. The number of Topliss-reactive ketones (excluding diaryl/α,β-unsaturated/α-hetero) is 5. The zero-order valence-electron chi connectivity index (χ0n) is 22.5. The van der Waals surface area contributed by atoms with Crippen molar-refractivity contribution in [1.29, 1.82) is 0 Å². The van der Waals surface area contributed by atoms with Gasteiger partial charge in [-0.3, -0.25) is 24.0 Å². The number of allylic oxidation sites excluding steroid dienone is 1. The fourth-order valence-corrected chi connectivity index (χ4v) is 7.61. The molecular weight excluding hydrogens is 472 g/mol. The second-order valence-corrected chi connectivity index (χ2v) is 12.5. The maximum atomic E-state index is 14.2. The molecule has 2 N–H and O–H groups in total. The topological polar surface area (TPSA) is 126 Å². The largest absolute Gasteiger partial charge is 0.507 e. The number of aliphatic hydroxyl groups is 1. The maximum absolute atomic E-state index is 14.2. The van der Waals surface area contributed by atoms with Gasteiger partial charge in [-0.25, -0.2) is 0 Å². The first-order valence-electron chi connectivity index (χ1n) is 13.0. The number of rotatable bonds is 4. The highest BCUT2D eigenvalue weighted by Gasteiger charge is 2.76. The third-order valence-electron chi connectivity index (χ3n) is 8.96. The fourth-order valence-electron chi connectivity index (χ4n) is 7.61. The molecule has 4 rings (SSSR count). The van der Waals surface area contributed by atoms with Crippen LogP contribution in [0.4, 0.5) is 0 Å². The summed E-state index contributed by atoms with van der Waals surface area (Å²) in [5.41, 5.74) is -3.82. The molecule has 3 aliphatic carbocycles. The summed E-state index contributed by atoms with van der Waals surface area (Å²) in [6, 6.07) is 3.14. The molecule has 0 amide bonds. The molecule has 2 fully saturated rings. The molecule has 7 heteroatoms. The summed E-state index contributed by atoms with van der Waals surface area (Å²) in [6.45, 7) is 12.0. The molecule has 2 saturated carbocycles. The molecule has 6 atom stereocenters. The fraction of sp³-hybridized carbons (Fsp3) is 0.567. The Morgan fingerprint density at radius 2 is 1.68 bits per heavy atom. The second-order valence-electron chi connectivity index (χ2n) is 12.5. The quantitative estimate of drug-likeness (QED) is 0.593. The SMILES string of the molecule is CC(=O)C1C(=O)C(C(C)C)[C@@]2(C)C[C@@]3(C)Cc4c(C=CC(C)C)ccc(O)c4C(=O)C3C(=O)[C@@]2(O)C1=O. The van der Waals surface area contributed by atoms with Crippen LogP contribution in [0.5, 0.6) is 5.75 Å². The van der Waals surface area contributed by atoms with Crippen LogP contribution in [0.1, 0.15) is 76.4 Å². The van der Waals surface area contributed by atoms with Crippen molar-refractivity contribution in [3.05, 3.63) is 34.9 Å². The van der Waals surface area contributed by atoms with Crippen molar-refractivity contribution in [2.24, 2.45) is 40.4 Å². The number of aromatic hydroxyl groups is 1. The highest BCUT2D eigenvalue weighted by atomic mass is 16.3. The highest BCUT2D eigenvalue weighted by molar-refractivity contribution is 6.32. The van der Waals surface area contributed by atoms with E-state index in [0.29, 0.717) is 5.56 Å². The van der Waals surface area contributed by atoms with Crippen molar-refractivity contribution in [2.45, 2.75) is 66.9 Å². The summed E-state index contributed by atoms with van der Waals surface area (Å²) in [6.07, 6.45) is 4.16. The molecule has 0 bridgehead atoms. The monoisotopic (exact) mass is 508 g/mol. The molecule has 3 unspecified atom stereocenters. The Bertz CT molecular complexity index is 1270. The third kappa shape index (κ3) is 3.53. The molecule has 1 aromatic rings. The molecule has 0 spiro atoms. The number of phenolic OH excluding ortho intramolecular Hbond substituents is 1. The maximum Gasteiger partial charge on any atom is 0.190 e. The summed E-state index contributed by atoms with van der Waals surface area (Å²) in [7, 11) is 0. The van der Waals surface area contributed by atoms with Gasteiger partial charge in [0.1, 0.15) is 17.5 Å². The van der Waals surface area contributed by atoms with E-state index in [0.717, 1.165) is 12.5 Å². The van der Waals surface area contributed by atoms with Gasteiger partial charge in [-0.1, -0.05) is 59.8 Å². The van der Waals surface area contributed by atoms with E-state index in [-0.39, 0.29) is 36.0 Å². The summed E-state index contributed by atoms with van der Waals surface area (Å²) in [5, 5.41) is 22.7. The molecule has 37 heavy (non-hydrogen) atoms. The van der Waals surface area contributed by atoms with Crippen molar-refractivity contribution in [1.82, 2.24) is 0 Å². The molecule has 198 valence electrons. The van der Waals surface area contributed by atoms with Gasteiger partial charge < -0.3 is 10.2 Å². The average Bonchev–Trinajstić information content (AvgIpc) is 2.75. The smallest absolute Gasteiger partial charge is 0.190 e. The number of carbonyl (C=O) groups is 5. The summed E-state index contributed by atoms with van der Waals surface area (Å²) in [5.74, 6) is -8.51. The Hall–Kier alpha value is -2.93. The van der Waals surface area contributed by atoms with E-state index in [1.54, 1.807) is 33.8 Å². The first-order chi connectivity index (χ1) is 17.0. The molecular formula is C30H36O7. The lowest BCUT2D eigenvalue weighted by atomic mass is 9.40. The molecule has 0 aromatic heterocycles. The summed E-state index contributed by atoms with van der Waals surface area (Å²) < 4.78 is 0. The van der Waals surface area contributed by atoms with Crippen molar-refractivity contribution < 1.29 is 34.2 Å². The van der Waals surface area contributed by atoms with Crippen LogP contribution in [0.15, 0.2) is 18.2 Å². The van der Waals surface area contributed by atoms with Crippen LogP contribution in [0.2, 0.25) is 0 Å². The van der Waals surface area contributed by atoms with E-state index in [9.17, 15) is 34.2 Å². The first kappa shape index (κ1) is 27.1. The van der Waals surface area contributed by atoms with Gasteiger partial charge in [0.05, 0.1) is 11.5 Å². The average molecular weight is 509 g/mol. The predicted molar refractivity (Wildman–Crippen MR) is 137 cm³/mol. The van der Waals surface area contributed by atoms with Gasteiger partial charge in [0, 0.05) is 11.3 Å². The predicted octanol–water partition coefficient (Wildman–Crippen LogP) is 3.76. The molecule has 0 aliphatic heterocycles. The van der Waals surface area contributed by atoms with Crippen LogP contribution in [-0.4, -0.2) is 44.7 Å². The van der Waals surface area contributed by atoms with Crippen LogP contribution >= 0.6 is 0 Å². The van der Waals surface area contributed by atoms with Gasteiger partial charge in [-0.2, -0.15) is 0 Å². The standard InChI is InChI=1S/C30H36O7/c1-14(2)8-9-17-10-11-19(32)21-18(17)12-28(6)13-29(7)22(15(3)4)24(33)20(16(5)31)26(35)30(29,37)27(36)23(28)25(21)34/h8-11,14-15,20,22-23,32,37H,12-13H2,1-7H3/t20?,22?,23?,28-,29-,30+/m1/s1. The number of fused-ring (bicyclic) bond motifs is 3. The Morgan fingerprint density at radius 3 is 2.22 bits per heavy atom. The van der Waals surface area contributed by atoms with Gasteiger partial charge in [-0.15, -0.1) is 0 Å². The van der Waals surface area contributed by atoms with Gasteiger partial charge in [0.15, 0.2) is 28.7 Å². The number of phenols is 1. The lowest BCUT2D eigenvalue weighted by molar-refractivity contribution is -0.205. The first-order valence-corrected chi connectivity index (χ1v) is 13.0. The molecule has 0 heterocycles. The number of hydrogen-bond donors (Lipinski definition) is 2. The minimum Gasteiger partial charge on any atom is -0.507 e. The highest BCUT2D eigenvalue weighted by Crippen LogP contribution is 2.63. The van der Waals surface area contributed by atoms with Gasteiger partial charge in [0.25, 0.3) is 0 Å². The van der Waals surface area contributed by atoms with Gasteiger partial charge >= 0.3 is 0 Å². The van der Waals surface area contributed by atoms with E-state index in [1.807, 2.05) is 26.0 Å². The van der Waals surface area contributed by atoms with Crippen molar-refractivity contribution in [3.63, 3.8) is 0 Å². The normalized spacial score (nSPS) is 35.7. The number of benzene rings is 1. The Morgan fingerprint density at radius 1 is 1.05 bits per heavy atom. The van der Waals surface area contributed by atoms with Crippen LogP contribution < -0.4 is 0 Å². The zero-order valence-corrected chi connectivity index (χ0v) is 22.5. The Kier molecular flexibility index (Phi) is 6.27. The summed E-state index contributed by atoms with van der Waals surface area (Å²) in [4.78, 5) is 67.7. The van der Waals surface area contributed by atoms with Crippen LogP contribution in [0.25, 0.3) is 6.08 Å². The van der Waals surface area contributed by atoms with E-state index >= 15 is 0 Å². The minimum absolute atomic E-state index is 0.0248. The van der Waals surface area contributed by atoms with Crippen LogP contribution in [-0.2, 0) is 25.6 Å². The van der Waals surface area contributed by atoms with E-state index in [1.165, 1.54) is 6.07 Å². The Labute approximate surface area is 217 Å². The number of carbonyl (C=O) groups excluding carboxylic acids is 5. The van der Waals surface area contributed by atoms with Crippen molar-refractivity contribution in [2.75, 3.05) is 0 Å². The third-order valence-corrected chi connectivity index (χ3v) is 8.96. The van der Waals surface area contributed by atoms with Crippen LogP contribution in [0, 0.1) is 40.4 Å². The lowest BCUT2D eigenvalue weighted by Gasteiger charge is -2.61. The number of hydrogen-bond acceptors (Lipinski definition) is 7. The second kappa shape index (κ2) is 8.55. The van der Waals surface area contributed by atoms with Gasteiger partial charge in [-0.05, 0) is 54.2 Å². The van der Waals surface area contributed by atoms with Crippen molar-refractivity contribution in [3.8, 4) is 5.75 Å². The molecule has 1 aromatic carbocycles. The molecule has 0 saturated heterocycles. The van der Waals surface area contributed by atoms with Crippen LogP contribution in [0.3, 0.4) is 0 Å². The van der Waals surface area contributed by atoms with E-state index in [4.69, 9.17) is 0 Å². The zero-order chi connectivity index (χ0) is 27.8. The molecule has 3 aliphatic rings. The van der Waals surface area contributed by atoms with Crippen molar-refractivity contribution >= 4 is 35.0 Å². The summed E-state index contributed by atoms with van der Waals surface area (Å²) >= 11 is 0. The number of ketones is 5. The Balaban J connectivity index is 1.97. The lowest BCUT2D eigenvalue weighted by Crippen LogP contribution is -2.76.